The molecule has 0 aliphatic carbocycles. The second-order valence-electron chi connectivity index (χ2n) is 4.39. The van der Waals surface area contributed by atoms with Crippen molar-refractivity contribution >= 4 is 44.3 Å². The minimum absolute atomic E-state index is 0.0307. The van der Waals surface area contributed by atoms with Crippen LogP contribution in [0.1, 0.15) is 0 Å². The van der Waals surface area contributed by atoms with Gasteiger partial charge in [0.1, 0.15) is 5.69 Å². The van der Waals surface area contributed by atoms with Gasteiger partial charge >= 0.3 is 0 Å². The molecule has 0 amide bonds. The number of phenolic OH excluding ortho intramolecular Hbond substituents is 1. The molecular formula is C12H13N3O7S2. The third-order valence-corrected chi connectivity index (χ3v) is 4.50. The van der Waals surface area contributed by atoms with Crippen molar-refractivity contribution in [1.29, 1.82) is 0 Å². The molecule has 0 saturated heterocycles. The molecule has 2 aromatic rings. The molecule has 0 saturated carbocycles. The molecule has 0 fully saturated rings. The third-order valence-electron chi connectivity index (χ3n) is 3.04. The van der Waals surface area contributed by atoms with Crippen molar-refractivity contribution in [3.63, 3.8) is 0 Å². The first-order chi connectivity index (χ1) is 11.3. The molecule has 0 aliphatic rings. The first-order valence-corrected chi connectivity index (χ1v) is 8.45. The van der Waals surface area contributed by atoms with E-state index in [0.717, 1.165) is 0 Å². The fraction of sp³-hybridized carbons (Fsp3) is 0.167. The van der Waals surface area contributed by atoms with E-state index in [0.29, 0.717) is 12.0 Å². The van der Waals surface area contributed by atoms with Gasteiger partial charge in [-0.15, -0.1) is 4.33 Å². The van der Waals surface area contributed by atoms with E-state index in [-0.39, 0.29) is 37.7 Å². The van der Waals surface area contributed by atoms with Gasteiger partial charge in [0.2, 0.25) is 0 Å². The van der Waals surface area contributed by atoms with Crippen LogP contribution in [0.25, 0.3) is 10.8 Å². The summed E-state index contributed by atoms with van der Waals surface area (Å²) >= 11 is 0.524. The molecule has 4 N–H and O–H groups in total. The second kappa shape index (κ2) is 7.29. The van der Waals surface area contributed by atoms with Gasteiger partial charge in [0.25, 0.3) is 10.1 Å². The molecular weight excluding hydrogens is 362 g/mol. The topological polar surface area (TPSA) is 150 Å². The monoisotopic (exact) mass is 375 g/mol. The lowest BCUT2D eigenvalue weighted by Crippen LogP contribution is -2.00. The summed E-state index contributed by atoms with van der Waals surface area (Å²) in [6, 6.07) is 3.77. The number of phenols is 1. The molecule has 0 aromatic heterocycles. The summed E-state index contributed by atoms with van der Waals surface area (Å²) < 4.78 is 36.4. The highest BCUT2D eigenvalue weighted by Crippen LogP contribution is 2.46. The predicted octanol–water partition coefficient (Wildman–Crippen LogP) is 2.98. The highest BCUT2D eigenvalue weighted by molar-refractivity contribution is 7.94. The Hall–Kier alpha value is -1.96. The fourth-order valence-electron chi connectivity index (χ4n) is 2.12. The zero-order chi connectivity index (χ0) is 17.9. The van der Waals surface area contributed by atoms with Crippen LogP contribution in [0, 0.1) is 0 Å². The van der Waals surface area contributed by atoms with Crippen LogP contribution in [0.5, 0.6) is 5.75 Å². The van der Waals surface area contributed by atoms with E-state index >= 15 is 0 Å². The first-order valence-electron chi connectivity index (χ1n) is 6.27. The Labute approximate surface area is 140 Å². The smallest absolute Gasteiger partial charge is 0.294 e. The molecule has 0 aliphatic heterocycles. The van der Waals surface area contributed by atoms with Gasteiger partial charge in [0.15, 0.2) is 5.75 Å². The molecule has 130 valence electrons. The van der Waals surface area contributed by atoms with Crippen LogP contribution in [0.3, 0.4) is 0 Å². The maximum absolute atomic E-state index is 11.4. The van der Waals surface area contributed by atoms with E-state index < -0.39 is 10.1 Å². The summed E-state index contributed by atoms with van der Waals surface area (Å²) in [5, 5.41) is 33.0. The molecule has 24 heavy (non-hydrogen) atoms. The Morgan fingerprint density at radius 3 is 2.54 bits per heavy atom. The lowest BCUT2D eigenvalue weighted by atomic mass is 10.1. The number of rotatable bonds is 6. The summed E-state index contributed by atoms with van der Waals surface area (Å²) in [6.07, 6.45) is 0. The molecule has 2 aromatic carbocycles. The lowest BCUT2D eigenvalue weighted by Gasteiger charge is -2.13. The van der Waals surface area contributed by atoms with Crippen LogP contribution in [0.2, 0.25) is 0 Å². The Bertz CT molecular complexity index is 899. The summed E-state index contributed by atoms with van der Waals surface area (Å²) in [4.78, 5) is -0.173. The number of hydrogen-bond acceptors (Lipinski definition) is 10. The number of anilines is 1. The first kappa shape index (κ1) is 18.4. The van der Waals surface area contributed by atoms with Crippen LogP contribution >= 0.6 is 12.0 Å². The van der Waals surface area contributed by atoms with Gasteiger partial charge in [0, 0.05) is 25.2 Å². The predicted molar refractivity (Wildman–Crippen MR) is 86.1 cm³/mol. The molecule has 12 heteroatoms. The normalized spacial score (nSPS) is 12.2. The number of nitrogens with zero attached hydrogens (tertiary/aromatic N) is 2. The Kier molecular flexibility index (Phi) is 5.58. The van der Waals surface area contributed by atoms with E-state index in [1.165, 1.54) is 32.3 Å². The van der Waals surface area contributed by atoms with Gasteiger partial charge in [-0.25, -0.2) is 5.26 Å². The minimum Gasteiger partial charge on any atom is -0.505 e. The summed E-state index contributed by atoms with van der Waals surface area (Å²) in [5.41, 5.74) is 0.282. The zero-order valence-electron chi connectivity index (χ0n) is 12.4. The molecule has 0 radical (unpaired) electrons. The van der Waals surface area contributed by atoms with Crippen LogP contribution in [-0.4, -0.2) is 37.4 Å². The van der Waals surface area contributed by atoms with Crippen molar-refractivity contribution in [2.75, 3.05) is 19.4 Å². The number of benzene rings is 2. The van der Waals surface area contributed by atoms with Crippen LogP contribution < -0.4 is 5.32 Å². The number of azo groups is 1. The largest absolute Gasteiger partial charge is 0.505 e. The highest BCUT2D eigenvalue weighted by Gasteiger charge is 2.20. The SMILES string of the molecule is CN=Nc1c(SOOO)cc2cc(S(=O)(=O)O)cc(NC)c2c1O. The van der Waals surface area contributed by atoms with Crippen molar-refractivity contribution in [3.8, 4) is 5.75 Å². The molecule has 0 bridgehead atoms. The Morgan fingerprint density at radius 2 is 2.00 bits per heavy atom. The number of hydrogen-bond donors (Lipinski definition) is 4. The lowest BCUT2D eigenvalue weighted by molar-refractivity contribution is -0.432. The number of aromatic hydroxyl groups is 1. The fourth-order valence-corrected chi connectivity index (χ4v) is 3.16. The van der Waals surface area contributed by atoms with Crippen LogP contribution in [0.15, 0.2) is 38.2 Å². The molecule has 0 spiro atoms. The average molecular weight is 375 g/mol. The summed E-state index contributed by atoms with van der Waals surface area (Å²) in [5.74, 6) is -0.298. The van der Waals surface area contributed by atoms with Gasteiger partial charge in [-0.2, -0.15) is 18.6 Å². The van der Waals surface area contributed by atoms with Crippen LogP contribution in [0.4, 0.5) is 11.4 Å². The van der Waals surface area contributed by atoms with E-state index in [9.17, 15) is 18.1 Å². The van der Waals surface area contributed by atoms with Gasteiger partial charge < -0.3 is 10.4 Å². The standard InChI is InChI=1S/C12H13N3O7S2/c1-13-8-5-7(24(18,19)20)3-6-4-9(23-22-21-17)11(15-14-2)12(16)10(6)8/h3-5,13,16-17H,1-2H3,(H,18,19,20). The third kappa shape index (κ3) is 3.58. The Morgan fingerprint density at radius 1 is 1.29 bits per heavy atom. The second-order valence-corrected chi connectivity index (χ2v) is 6.56. The van der Waals surface area contributed by atoms with Crippen LogP contribution in [-0.2, 0) is 19.5 Å². The maximum Gasteiger partial charge on any atom is 0.294 e. The highest BCUT2D eigenvalue weighted by atomic mass is 32.2. The average Bonchev–Trinajstić information content (AvgIpc) is 2.53. The number of fused-ring (bicyclic) bond motifs is 1. The Balaban J connectivity index is 2.87. The summed E-state index contributed by atoms with van der Waals surface area (Å²) in [7, 11) is -1.54. The van der Waals surface area contributed by atoms with Gasteiger partial charge in [-0.1, -0.05) is 5.04 Å². The van der Waals surface area contributed by atoms with Gasteiger partial charge in [-0.05, 0) is 23.6 Å². The van der Waals surface area contributed by atoms with E-state index in [2.05, 4.69) is 24.9 Å². The van der Waals surface area contributed by atoms with Gasteiger partial charge in [0.05, 0.1) is 21.8 Å². The molecule has 0 heterocycles. The minimum atomic E-state index is -4.46. The molecule has 2 rings (SSSR count). The van der Waals surface area contributed by atoms with Crippen molar-refractivity contribution in [1.82, 2.24) is 0 Å². The van der Waals surface area contributed by atoms with E-state index in [1.807, 2.05) is 0 Å². The zero-order valence-corrected chi connectivity index (χ0v) is 14.1. The van der Waals surface area contributed by atoms with E-state index in [1.54, 1.807) is 0 Å². The van der Waals surface area contributed by atoms with E-state index in [4.69, 9.17) is 5.26 Å². The maximum atomic E-state index is 11.4. The number of nitrogens with one attached hydrogen (secondary N) is 1. The van der Waals surface area contributed by atoms with Gasteiger partial charge in [-0.3, -0.25) is 4.55 Å². The van der Waals surface area contributed by atoms with Crippen molar-refractivity contribution in [2.45, 2.75) is 9.79 Å². The molecule has 0 unspecified atom stereocenters. The van der Waals surface area contributed by atoms with Crippen molar-refractivity contribution in [2.24, 2.45) is 10.2 Å². The van der Waals surface area contributed by atoms with Crippen molar-refractivity contribution < 1.29 is 32.7 Å². The summed E-state index contributed by atoms with van der Waals surface area (Å²) in [6.45, 7) is 0. The molecule has 10 nitrogen and oxygen atoms in total. The molecule has 0 atom stereocenters. The van der Waals surface area contributed by atoms with Crippen molar-refractivity contribution in [3.05, 3.63) is 18.2 Å². The quantitative estimate of drug-likeness (QED) is 0.196.